The van der Waals surface area contributed by atoms with E-state index in [1.54, 1.807) is 9.80 Å². The number of carbonyl (C=O) groups excluding carboxylic acids is 2. The minimum absolute atomic E-state index is 0.0373. The molecule has 0 spiro atoms. The second kappa shape index (κ2) is 7.84. The zero-order valence-corrected chi connectivity index (χ0v) is 20.0. The van der Waals surface area contributed by atoms with Gasteiger partial charge in [-0.3, -0.25) is 0 Å². The third kappa shape index (κ3) is 4.90. The van der Waals surface area contributed by atoms with Crippen LogP contribution in [-0.2, 0) is 10.8 Å². The van der Waals surface area contributed by atoms with Gasteiger partial charge in [0.1, 0.15) is 0 Å². The van der Waals surface area contributed by atoms with Gasteiger partial charge in [0.25, 0.3) is 0 Å². The van der Waals surface area contributed by atoms with E-state index in [-0.39, 0.29) is 22.9 Å². The molecule has 0 saturated carbocycles. The molecule has 4 rings (SSSR count). The van der Waals surface area contributed by atoms with Crippen molar-refractivity contribution in [1.29, 1.82) is 0 Å². The van der Waals surface area contributed by atoms with Gasteiger partial charge in [-0.15, -0.1) is 0 Å². The first-order valence-corrected chi connectivity index (χ1v) is 11.3. The molecule has 4 amide bonds. The summed E-state index contributed by atoms with van der Waals surface area (Å²) in [6.45, 7) is 16.2. The summed E-state index contributed by atoms with van der Waals surface area (Å²) in [5.41, 5.74) is 5.84. The molecule has 2 aliphatic rings. The van der Waals surface area contributed by atoms with Gasteiger partial charge in [-0.25, -0.2) is 9.59 Å². The molecule has 0 radical (unpaired) electrons. The average Bonchev–Trinajstić information content (AvgIpc) is 3.59. The predicted octanol–water partition coefficient (Wildman–Crippen LogP) is 5.64. The summed E-state index contributed by atoms with van der Waals surface area (Å²) in [5.74, 6) is 0. The number of rotatable bonds is 3. The molecule has 0 bridgehead atoms. The fourth-order valence-corrected chi connectivity index (χ4v) is 3.80. The van der Waals surface area contributed by atoms with Crippen molar-refractivity contribution in [3.05, 3.63) is 47.5 Å². The van der Waals surface area contributed by atoms with Crippen LogP contribution in [0.1, 0.15) is 52.7 Å². The van der Waals surface area contributed by atoms with Crippen LogP contribution in [0.2, 0.25) is 0 Å². The summed E-state index contributed by atoms with van der Waals surface area (Å²) < 4.78 is 0. The Hall–Kier alpha value is -3.02. The number of anilines is 2. The largest absolute Gasteiger partial charge is 0.321 e. The van der Waals surface area contributed by atoms with E-state index in [1.165, 1.54) is 0 Å². The summed E-state index contributed by atoms with van der Waals surface area (Å²) in [6, 6.07) is 12.4. The topological polar surface area (TPSA) is 64.2 Å². The standard InChI is InChI=1S/C26H34N4O2/c1-25(2,3)19-15-17(7-9-21(19)27-23(31)29-11-12-29)18-8-10-22(20(16-18)26(4,5)6)28-24(32)30-13-14-30/h7-10,15-16H,11-14H2,1-6H3,(H,27,31)(H,28,32). The molecule has 2 fully saturated rings. The van der Waals surface area contributed by atoms with E-state index in [0.717, 1.165) is 59.8 Å². The number of hydrogen-bond donors (Lipinski definition) is 2. The van der Waals surface area contributed by atoms with Crippen molar-refractivity contribution < 1.29 is 9.59 Å². The maximum atomic E-state index is 12.3. The highest BCUT2D eigenvalue weighted by Gasteiger charge is 2.28. The molecule has 2 heterocycles. The third-order valence-corrected chi connectivity index (χ3v) is 5.94. The summed E-state index contributed by atoms with van der Waals surface area (Å²) in [6.07, 6.45) is 0. The van der Waals surface area contributed by atoms with E-state index >= 15 is 0 Å². The monoisotopic (exact) mass is 434 g/mol. The molecule has 170 valence electrons. The lowest BCUT2D eigenvalue weighted by atomic mass is 9.82. The molecule has 6 nitrogen and oxygen atoms in total. The van der Waals surface area contributed by atoms with Gasteiger partial charge >= 0.3 is 12.1 Å². The van der Waals surface area contributed by atoms with Crippen LogP contribution >= 0.6 is 0 Å². The fourth-order valence-electron chi connectivity index (χ4n) is 3.80. The van der Waals surface area contributed by atoms with Crippen LogP contribution in [0.5, 0.6) is 0 Å². The number of benzene rings is 2. The van der Waals surface area contributed by atoms with Crippen molar-refractivity contribution in [3.63, 3.8) is 0 Å². The molecule has 2 aliphatic heterocycles. The third-order valence-electron chi connectivity index (χ3n) is 5.94. The van der Waals surface area contributed by atoms with Gasteiger partial charge in [0.2, 0.25) is 0 Å². The summed E-state index contributed by atoms with van der Waals surface area (Å²) in [4.78, 5) is 28.2. The number of nitrogens with one attached hydrogen (secondary N) is 2. The van der Waals surface area contributed by atoms with E-state index in [9.17, 15) is 9.59 Å². The van der Waals surface area contributed by atoms with E-state index in [0.29, 0.717) is 0 Å². The number of hydrogen-bond acceptors (Lipinski definition) is 2. The molecule has 32 heavy (non-hydrogen) atoms. The Morgan fingerprint density at radius 3 is 1.28 bits per heavy atom. The number of amides is 4. The summed E-state index contributed by atoms with van der Waals surface area (Å²) >= 11 is 0. The number of urea groups is 2. The zero-order chi connectivity index (χ0) is 23.3. The second-order valence-corrected chi connectivity index (χ2v) is 10.9. The number of nitrogens with zero attached hydrogens (tertiary/aromatic N) is 2. The normalized spacial score (nSPS) is 15.4. The Bertz CT molecular complexity index is 969. The molecular formula is C26H34N4O2. The Balaban J connectivity index is 1.70. The molecule has 2 aromatic carbocycles. The highest BCUT2D eigenvalue weighted by atomic mass is 16.2. The molecular weight excluding hydrogens is 400 g/mol. The Morgan fingerprint density at radius 1 is 0.656 bits per heavy atom. The summed E-state index contributed by atoms with van der Waals surface area (Å²) in [5, 5.41) is 6.15. The average molecular weight is 435 g/mol. The quantitative estimate of drug-likeness (QED) is 0.614. The summed E-state index contributed by atoms with van der Waals surface area (Å²) in [7, 11) is 0. The molecule has 0 aliphatic carbocycles. The van der Waals surface area contributed by atoms with Gasteiger partial charge in [-0.1, -0.05) is 53.7 Å². The Labute approximate surface area is 191 Å². The maximum Gasteiger partial charge on any atom is 0.321 e. The van der Waals surface area contributed by atoms with Crippen molar-refractivity contribution in [2.45, 2.75) is 52.4 Å². The van der Waals surface area contributed by atoms with Crippen LogP contribution in [-0.4, -0.2) is 48.0 Å². The SMILES string of the molecule is CC(C)(C)c1cc(-c2ccc(NC(=O)N3CC3)c(C(C)(C)C)c2)ccc1NC(=O)N1CC1. The maximum absolute atomic E-state index is 12.3. The highest BCUT2D eigenvalue weighted by molar-refractivity contribution is 5.93. The van der Waals surface area contributed by atoms with Crippen molar-refractivity contribution in [2.24, 2.45) is 0 Å². The lowest BCUT2D eigenvalue weighted by molar-refractivity contribution is 0.241. The lowest BCUT2D eigenvalue weighted by Gasteiger charge is -2.26. The van der Waals surface area contributed by atoms with Crippen molar-refractivity contribution >= 4 is 23.4 Å². The van der Waals surface area contributed by atoms with Crippen molar-refractivity contribution in [1.82, 2.24) is 9.80 Å². The van der Waals surface area contributed by atoms with Crippen molar-refractivity contribution in [2.75, 3.05) is 36.8 Å². The van der Waals surface area contributed by atoms with Gasteiger partial charge in [-0.2, -0.15) is 0 Å². The Kier molecular flexibility index (Phi) is 5.43. The predicted molar refractivity (Wildman–Crippen MR) is 130 cm³/mol. The van der Waals surface area contributed by atoms with E-state index in [1.807, 2.05) is 12.1 Å². The first kappa shape index (κ1) is 22.2. The molecule has 6 heteroatoms. The van der Waals surface area contributed by atoms with Gasteiger partial charge < -0.3 is 20.4 Å². The van der Waals surface area contributed by atoms with Gasteiger partial charge in [0.15, 0.2) is 0 Å². The van der Waals surface area contributed by atoms with E-state index < -0.39 is 0 Å². The van der Waals surface area contributed by atoms with Gasteiger partial charge in [0, 0.05) is 37.6 Å². The smallest absolute Gasteiger partial charge is 0.321 e. The first-order valence-electron chi connectivity index (χ1n) is 11.3. The zero-order valence-electron chi connectivity index (χ0n) is 20.0. The molecule has 2 aromatic rings. The van der Waals surface area contributed by atoms with Crippen LogP contribution in [0.4, 0.5) is 21.0 Å². The molecule has 0 unspecified atom stereocenters. The lowest BCUT2D eigenvalue weighted by Crippen LogP contribution is -2.23. The van der Waals surface area contributed by atoms with E-state index in [2.05, 4.69) is 76.4 Å². The molecule has 0 aromatic heterocycles. The highest BCUT2D eigenvalue weighted by Crippen LogP contribution is 2.37. The molecule has 0 atom stereocenters. The minimum atomic E-state index is -0.128. The minimum Gasteiger partial charge on any atom is -0.321 e. The van der Waals surface area contributed by atoms with Crippen LogP contribution < -0.4 is 10.6 Å². The van der Waals surface area contributed by atoms with Crippen LogP contribution in [0, 0.1) is 0 Å². The second-order valence-electron chi connectivity index (χ2n) is 10.9. The fraction of sp³-hybridized carbons (Fsp3) is 0.462. The van der Waals surface area contributed by atoms with Crippen molar-refractivity contribution in [3.8, 4) is 11.1 Å². The van der Waals surface area contributed by atoms with E-state index in [4.69, 9.17) is 0 Å². The first-order chi connectivity index (χ1) is 14.9. The molecule has 2 saturated heterocycles. The number of carbonyl (C=O) groups is 2. The van der Waals surface area contributed by atoms with Crippen LogP contribution in [0.25, 0.3) is 11.1 Å². The molecule has 2 N–H and O–H groups in total. The Morgan fingerprint density at radius 2 is 1.00 bits per heavy atom. The van der Waals surface area contributed by atoms with Gasteiger partial charge in [0.05, 0.1) is 0 Å². The van der Waals surface area contributed by atoms with Gasteiger partial charge in [-0.05, 0) is 57.3 Å². The van der Waals surface area contributed by atoms with Crippen LogP contribution in [0.3, 0.4) is 0 Å². The van der Waals surface area contributed by atoms with Crippen LogP contribution in [0.15, 0.2) is 36.4 Å².